The third-order valence-electron chi connectivity index (χ3n) is 2.41. The van der Waals surface area contributed by atoms with Crippen LogP contribution in [0.2, 0.25) is 0 Å². The Balaban J connectivity index is 2.49. The van der Waals surface area contributed by atoms with Gasteiger partial charge in [0.25, 0.3) is 0 Å². The molecule has 0 atom stereocenters. The van der Waals surface area contributed by atoms with Crippen molar-refractivity contribution >= 4 is 15.5 Å². The van der Waals surface area contributed by atoms with E-state index in [0.717, 1.165) is 5.69 Å². The Hall–Kier alpha value is -1.03. The van der Waals surface area contributed by atoms with E-state index in [1.807, 2.05) is 30.3 Å². The average Bonchev–Trinajstić information content (AvgIpc) is 2.17. The lowest BCUT2D eigenvalue weighted by Crippen LogP contribution is -2.32. The maximum atomic E-state index is 11.8. The van der Waals surface area contributed by atoms with Gasteiger partial charge in [0.15, 0.2) is 9.84 Å². The fourth-order valence-corrected chi connectivity index (χ4v) is 2.18. The molecule has 1 rings (SSSR count). The van der Waals surface area contributed by atoms with Gasteiger partial charge in [-0.25, -0.2) is 8.42 Å². The van der Waals surface area contributed by atoms with Crippen LogP contribution < -0.4 is 5.32 Å². The Bertz CT molecular complexity index is 418. The van der Waals surface area contributed by atoms with Crippen LogP contribution >= 0.6 is 0 Å². The molecule has 0 heterocycles. The normalized spacial score (nSPS) is 12.4. The summed E-state index contributed by atoms with van der Waals surface area (Å²) in [4.78, 5) is 0. The van der Waals surface area contributed by atoms with E-state index in [2.05, 4.69) is 5.32 Å². The van der Waals surface area contributed by atoms with Crippen LogP contribution in [0.1, 0.15) is 20.8 Å². The van der Waals surface area contributed by atoms with Gasteiger partial charge in [0, 0.05) is 12.2 Å². The first kappa shape index (κ1) is 13.0. The number of para-hydroxylation sites is 1. The van der Waals surface area contributed by atoms with Crippen molar-refractivity contribution in [1.82, 2.24) is 0 Å². The number of anilines is 1. The van der Waals surface area contributed by atoms with Gasteiger partial charge in [-0.3, -0.25) is 0 Å². The Morgan fingerprint density at radius 2 is 1.69 bits per heavy atom. The van der Waals surface area contributed by atoms with Crippen LogP contribution in [0.15, 0.2) is 30.3 Å². The first-order valence-corrected chi connectivity index (χ1v) is 6.99. The fourth-order valence-electron chi connectivity index (χ4n) is 1.19. The van der Waals surface area contributed by atoms with Crippen molar-refractivity contribution in [3.63, 3.8) is 0 Å². The lowest BCUT2D eigenvalue weighted by molar-refractivity contribution is 0.560. The molecule has 1 N–H and O–H groups in total. The van der Waals surface area contributed by atoms with Gasteiger partial charge in [-0.15, -0.1) is 0 Å². The summed E-state index contributed by atoms with van der Waals surface area (Å²) in [5, 5.41) is 3.09. The van der Waals surface area contributed by atoms with E-state index in [0.29, 0.717) is 6.54 Å². The van der Waals surface area contributed by atoms with E-state index < -0.39 is 14.6 Å². The SMILES string of the molecule is CC(C)(C)S(=O)(=O)CCNc1ccccc1. The molecule has 1 aromatic carbocycles. The number of sulfone groups is 1. The number of benzene rings is 1. The lowest BCUT2D eigenvalue weighted by Gasteiger charge is -2.19. The van der Waals surface area contributed by atoms with Gasteiger partial charge < -0.3 is 5.32 Å². The van der Waals surface area contributed by atoms with E-state index in [1.165, 1.54) is 0 Å². The molecule has 16 heavy (non-hydrogen) atoms. The van der Waals surface area contributed by atoms with Crippen molar-refractivity contribution in [1.29, 1.82) is 0 Å². The first-order chi connectivity index (χ1) is 7.33. The van der Waals surface area contributed by atoms with Gasteiger partial charge in [0.1, 0.15) is 0 Å². The van der Waals surface area contributed by atoms with Crippen molar-refractivity contribution in [2.24, 2.45) is 0 Å². The predicted molar refractivity (Wildman–Crippen MR) is 68.5 cm³/mol. The minimum Gasteiger partial charge on any atom is -0.384 e. The van der Waals surface area contributed by atoms with Crippen molar-refractivity contribution in [3.05, 3.63) is 30.3 Å². The molecule has 0 saturated carbocycles. The zero-order valence-corrected chi connectivity index (χ0v) is 10.8. The largest absolute Gasteiger partial charge is 0.384 e. The molecule has 0 amide bonds. The fraction of sp³-hybridized carbons (Fsp3) is 0.500. The molecule has 0 aliphatic carbocycles. The van der Waals surface area contributed by atoms with E-state index in [9.17, 15) is 8.42 Å². The Morgan fingerprint density at radius 3 is 2.19 bits per heavy atom. The predicted octanol–water partition coefficient (Wildman–Crippen LogP) is 2.31. The van der Waals surface area contributed by atoms with Gasteiger partial charge in [0.2, 0.25) is 0 Å². The van der Waals surface area contributed by atoms with Crippen LogP contribution in [-0.4, -0.2) is 25.5 Å². The second-order valence-corrected chi connectivity index (χ2v) is 7.59. The van der Waals surface area contributed by atoms with Gasteiger partial charge in [-0.1, -0.05) is 18.2 Å². The molecule has 0 aliphatic heterocycles. The summed E-state index contributed by atoms with van der Waals surface area (Å²) >= 11 is 0. The van der Waals surface area contributed by atoms with Crippen LogP contribution in [0.3, 0.4) is 0 Å². The molecule has 0 spiro atoms. The van der Waals surface area contributed by atoms with E-state index >= 15 is 0 Å². The molecule has 0 aliphatic rings. The third kappa shape index (κ3) is 3.52. The van der Waals surface area contributed by atoms with Crippen molar-refractivity contribution in [3.8, 4) is 0 Å². The van der Waals surface area contributed by atoms with E-state index in [4.69, 9.17) is 0 Å². The summed E-state index contributed by atoms with van der Waals surface area (Å²) < 4.78 is 22.9. The molecule has 4 heteroatoms. The number of hydrogen-bond donors (Lipinski definition) is 1. The summed E-state index contributed by atoms with van der Waals surface area (Å²) in [5.74, 6) is 0.158. The maximum Gasteiger partial charge on any atom is 0.156 e. The van der Waals surface area contributed by atoms with E-state index in [-0.39, 0.29) is 5.75 Å². The lowest BCUT2D eigenvalue weighted by atomic mass is 10.3. The topological polar surface area (TPSA) is 46.2 Å². The average molecular weight is 241 g/mol. The molecule has 1 aromatic rings. The van der Waals surface area contributed by atoms with Crippen LogP contribution in [0.4, 0.5) is 5.69 Å². The highest BCUT2D eigenvalue weighted by Crippen LogP contribution is 2.15. The van der Waals surface area contributed by atoms with E-state index in [1.54, 1.807) is 20.8 Å². The van der Waals surface area contributed by atoms with Gasteiger partial charge in [0.05, 0.1) is 10.5 Å². The van der Waals surface area contributed by atoms with Crippen LogP contribution in [-0.2, 0) is 9.84 Å². The molecular weight excluding hydrogens is 222 g/mol. The van der Waals surface area contributed by atoms with Gasteiger partial charge in [-0.2, -0.15) is 0 Å². The highest BCUT2D eigenvalue weighted by atomic mass is 32.2. The standard InChI is InChI=1S/C12H19NO2S/c1-12(2,3)16(14,15)10-9-13-11-7-5-4-6-8-11/h4-8,13H,9-10H2,1-3H3. The zero-order valence-electron chi connectivity index (χ0n) is 10.0. The van der Waals surface area contributed by atoms with Crippen molar-refractivity contribution in [2.75, 3.05) is 17.6 Å². The minimum atomic E-state index is -3.03. The minimum absolute atomic E-state index is 0.158. The monoisotopic (exact) mass is 241 g/mol. The van der Waals surface area contributed by atoms with Gasteiger partial charge >= 0.3 is 0 Å². The molecule has 0 bridgehead atoms. The molecule has 0 radical (unpaired) electrons. The number of nitrogens with one attached hydrogen (secondary N) is 1. The quantitative estimate of drug-likeness (QED) is 0.880. The van der Waals surface area contributed by atoms with Gasteiger partial charge in [-0.05, 0) is 32.9 Å². The second kappa shape index (κ2) is 4.87. The second-order valence-electron chi connectivity index (χ2n) is 4.72. The molecule has 0 saturated heterocycles. The van der Waals surface area contributed by atoms with Crippen LogP contribution in [0.25, 0.3) is 0 Å². The smallest absolute Gasteiger partial charge is 0.156 e. The molecule has 0 aromatic heterocycles. The zero-order chi connectivity index (χ0) is 12.2. The molecule has 0 unspecified atom stereocenters. The third-order valence-corrected chi connectivity index (χ3v) is 5.01. The summed E-state index contributed by atoms with van der Waals surface area (Å²) in [6, 6.07) is 9.60. The summed E-state index contributed by atoms with van der Waals surface area (Å²) in [5.41, 5.74) is 0.951. The Kier molecular flexibility index (Phi) is 3.97. The Morgan fingerprint density at radius 1 is 1.12 bits per heavy atom. The van der Waals surface area contributed by atoms with Crippen molar-refractivity contribution in [2.45, 2.75) is 25.5 Å². The summed E-state index contributed by atoms with van der Waals surface area (Å²) in [7, 11) is -3.03. The highest BCUT2D eigenvalue weighted by molar-refractivity contribution is 7.92. The molecule has 90 valence electrons. The number of rotatable bonds is 4. The summed E-state index contributed by atoms with van der Waals surface area (Å²) in [6.07, 6.45) is 0. The molecule has 3 nitrogen and oxygen atoms in total. The summed E-state index contributed by atoms with van der Waals surface area (Å²) in [6.45, 7) is 5.63. The first-order valence-electron chi connectivity index (χ1n) is 5.34. The Labute approximate surface area is 97.8 Å². The molecule has 0 fully saturated rings. The number of hydrogen-bond acceptors (Lipinski definition) is 3. The highest BCUT2D eigenvalue weighted by Gasteiger charge is 2.27. The maximum absolute atomic E-state index is 11.8. The molecular formula is C12H19NO2S. The van der Waals surface area contributed by atoms with Crippen molar-refractivity contribution < 1.29 is 8.42 Å². The van der Waals surface area contributed by atoms with Crippen LogP contribution in [0.5, 0.6) is 0 Å². The van der Waals surface area contributed by atoms with Crippen LogP contribution in [0, 0.1) is 0 Å².